The minimum Gasteiger partial charge on any atom is -0.469 e. The topological polar surface area (TPSA) is 60.4 Å². The van der Waals surface area contributed by atoms with Crippen LogP contribution in [0, 0.1) is 11.3 Å². The van der Waals surface area contributed by atoms with Crippen molar-refractivity contribution in [1.29, 1.82) is 0 Å². The van der Waals surface area contributed by atoms with Gasteiger partial charge >= 0.3 is 5.97 Å². The first-order valence-electron chi connectivity index (χ1n) is 5.70. The number of hydrogen-bond acceptors (Lipinski definition) is 4. The third kappa shape index (κ3) is 1.82. The zero-order valence-electron chi connectivity index (χ0n) is 10.6. The Morgan fingerprint density at radius 2 is 1.78 bits per heavy atom. The largest absolute Gasteiger partial charge is 0.469 e. The molecule has 1 saturated carbocycles. The number of rotatable bonds is 3. The molecule has 2 rings (SSSR count). The van der Waals surface area contributed by atoms with Gasteiger partial charge in [-0.15, -0.1) is 0 Å². The van der Waals surface area contributed by atoms with Crippen LogP contribution < -0.4 is 0 Å². The summed E-state index contributed by atoms with van der Waals surface area (Å²) in [6.07, 6.45) is 0. The summed E-state index contributed by atoms with van der Waals surface area (Å²) in [7, 11) is -2.20. The van der Waals surface area contributed by atoms with Crippen molar-refractivity contribution in [1.82, 2.24) is 0 Å². The highest BCUT2D eigenvalue weighted by Crippen LogP contribution is 2.58. The molecule has 98 valence electrons. The smallest absolute Gasteiger partial charge is 0.310 e. The maximum atomic E-state index is 12.4. The Morgan fingerprint density at radius 3 is 2.28 bits per heavy atom. The van der Waals surface area contributed by atoms with E-state index < -0.39 is 32.4 Å². The first kappa shape index (κ1) is 13.1. The highest BCUT2D eigenvalue weighted by molar-refractivity contribution is 7.92. The SMILES string of the molecule is COC(=O)[C@H]1[C@H](S(=O)(=O)c2ccccc2)C1(C)C. The average Bonchev–Trinajstić information content (AvgIpc) is 2.93. The zero-order valence-corrected chi connectivity index (χ0v) is 11.4. The Bertz CT molecular complexity index is 560. The lowest BCUT2D eigenvalue weighted by Gasteiger charge is -2.04. The normalized spacial score (nSPS) is 25.5. The molecule has 0 bridgehead atoms. The van der Waals surface area contributed by atoms with Crippen LogP contribution in [0.2, 0.25) is 0 Å². The molecule has 0 aromatic heterocycles. The van der Waals surface area contributed by atoms with E-state index in [-0.39, 0.29) is 4.90 Å². The van der Waals surface area contributed by atoms with Gasteiger partial charge < -0.3 is 4.74 Å². The highest BCUT2D eigenvalue weighted by Gasteiger charge is 2.69. The van der Waals surface area contributed by atoms with Gasteiger partial charge in [-0.3, -0.25) is 4.79 Å². The third-order valence-electron chi connectivity index (χ3n) is 3.59. The van der Waals surface area contributed by atoms with Gasteiger partial charge in [0.1, 0.15) is 0 Å². The number of benzene rings is 1. The Balaban J connectivity index is 2.37. The quantitative estimate of drug-likeness (QED) is 0.782. The number of hydrogen-bond donors (Lipinski definition) is 0. The molecule has 0 spiro atoms. The van der Waals surface area contributed by atoms with E-state index in [1.54, 1.807) is 44.2 Å². The van der Waals surface area contributed by atoms with Crippen molar-refractivity contribution in [2.75, 3.05) is 7.11 Å². The highest BCUT2D eigenvalue weighted by atomic mass is 32.2. The summed E-state index contributed by atoms with van der Waals surface area (Å²) in [5.74, 6) is -1.03. The van der Waals surface area contributed by atoms with E-state index >= 15 is 0 Å². The van der Waals surface area contributed by atoms with Gasteiger partial charge in [0.2, 0.25) is 0 Å². The molecular formula is C13H16O4S. The minimum atomic E-state index is -3.48. The second kappa shape index (κ2) is 4.09. The van der Waals surface area contributed by atoms with E-state index in [1.165, 1.54) is 7.11 Å². The Kier molecular flexibility index (Phi) is 2.97. The molecule has 1 fully saturated rings. The predicted molar refractivity (Wildman–Crippen MR) is 66.7 cm³/mol. The van der Waals surface area contributed by atoms with Gasteiger partial charge in [0, 0.05) is 0 Å². The standard InChI is InChI=1S/C13H16O4S/c1-13(2)10(12(14)17-3)11(13)18(15,16)9-7-5-4-6-8-9/h4-8,10-11H,1-3H3/t10-,11+/m1/s1. The number of methoxy groups -OCH3 is 1. The minimum absolute atomic E-state index is 0.259. The lowest BCUT2D eigenvalue weighted by atomic mass is 10.1. The van der Waals surface area contributed by atoms with Crippen LogP contribution in [-0.2, 0) is 19.4 Å². The van der Waals surface area contributed by atoms with E-state index in [2.05, 4.69) is 4.74 Å². The summed E-state index contributed by atoms with van der Waals surface area (Å²) in [4.78, 5) is 11.9. The fraction of sp³-hybridized carbons (Fsp3) is 0.462. The Morgan fingerprint density at radius 1 is 1.22 bits per heavy atom. The van der Waals surface area contributed by atoms with E-state index in [4.69, 9.17) is 0 Å². The molecule has 0 N–H and O–H groups in total. The second-order valence-electron chi connectivity index (χ2n) is 5.10. The van der Waals surface area contributed by atoms with Crippen LogP contribution in [0.15, 0.2) is 35.2 Å². The number of ether oxygens (including phenoxy) is 1. The van der Waals surface area contributed by atoms with E-state index in [0.29, 0.717) is 0 Å². The number of carbonyl (C=O) groups excluding carboxylic acids is 1. The molecule has 5 heteroatoms. The summed E-state index contributed by atoms with van der Waals surface area (Å²) in [6.45, 7) is 3.56. The van der Waals surface area contributed by atoms with Gasteiger partial charge in [0.15, 0.2) is 9.84 Å². The Labute approximate surface area is 107 Å². The molecule has 0 amide bonds. The zero-order chi connectivity index (χ0) is 13.6. The molecule has 0 unspecified atom stereocenters. The molecule has 2 atom stereocenters. The first-order valence-corrected chi connectivity index (χ1v) is 7.25. The summed E-state index contributed by atoms with van der Waals surface area (Å²) < 4.78 is 29.5. The third-order valence-corrected chi connectivity index (χ3v) is 6.07. The van der Waals surface area contributed by atoms with Gasteiger partial charge in [-0.05, 0) is 17.5 Å². The van der Waals surface area contributed by atoms with Crippen molar-refractivity contribution in [2.45, 2.75) is 24.0 Å². The van der Waals surface area contributed by atoms with Crippen molar-refractivity contribution < 1.29 is 17.9 Å². The van der Waals surface area contributed by atoms with E-state index in [9.17, 15) is 13.2 Å². The molecule has 0 aliphatic heterocycles. The predicted octanol–water partition coefficient (Wildman–Crippen LogP) is 1.66. The Hall–Kier alpha value is -1.36. The summed E-state index contributed by atoms with van der Waals surface area (Å²) >= 11 is 0. The lowest BCUT2D eigenvalue weighted by molar-refractivity contribution is -0.142. The van der Waals surface area contributed by atoms with Crippen molar-refractivity contribution in [3.05, 3.63) is 30.3 Å². The van der Waals surface area contributed by atoms with Crippen LogP contribution in [0.4, 0.5) is 0 Å². The fourth-order valence-corrected chi connectivity index (χ4v) is 5.00. The molecule has 0 radical (unpaired) electrons. The van der Waals surface area contributed by atoms with Crippen LogP contribution in [0.3, 0.4) is 0 Å². The van der Waals surface area contributed by atoms with Crippen LogP contribution in [0.25, 0.3) is 0 Å². The molecule has 18 heavy (non-hydrogen) atoms. The van der Waals surface area contributed by atoms with E-state index in [0.717, 1.165) is 0 Å². The summed E-state index contributed by atoms with van der Waals surface area (Å²) in [6, 6.07) is 8.22. The molecule has 1 aliphatic rings. The summed E-state index contributed by atoms with van der Waals surface area (Å²) in [5.41, 5.74) is -0.568. The number of carbonyl (C=O) groups is 1. The molecule has 1 aliphatic carbocycles. The van der Waals surface area contributed by atoms with Gasteiger partial charge in [0.25, 0.3) is 0 Å². The van der Waals surface area contributed by atoms with Crippen LogP contribution >= 0.6 is 0 Å². The number of esters is 1. The fourth-order valence-electron chi connectivity index (χ4n) is 2.48. The maximum Gasteiger partial charge on any atom is 0.310 e. The van der Waals surface area contributed by atoms with Crippen molar-refractivity contribution >= 4 is 15.8 Å². The molecule has 0 heterocycles. The van der Waals surface area contributed by atoms with Gasteiger partial charge in [-0.25, -0.2) is 8.42 Å². The monoisotopic (exact) mass is 268 g/mol. The van der Waals surface area contributed by atoms with Crippen LogP contribution in [-0.4, -0.2) is 26.7 Å². The van der Waals surface area contributed by atoms with Crippen molar-refractivity contribution in [3.63, 3.8) is 0 Å². The maximum absolute atomic E-state index is 12.4. The van der Waals surface area contributed by atoms with Gasteiger partial charge in [0.05, 0.1) is 23.2 Å². The molecule has 1 aromatic carbocycles. The molecular weight excluding hydrogens is 252 g/mol. The molecule has 1 aromatic rings. The van der Waals surface area contributed by atoms with Crippen molar-refractivity contribution in [2.24, 2.45) is 11.3 Å². The molecule has 4 nitrogen and oxygen atoms in total. The van der Waals surface area contributed by atoms with Crippen LogP contribution in [0.5, 0.6) is 0 Å². The first-order chi connectivity index (χ1) is 8.33. The van der Waals surface area contributed by atoms with E-state index in [1.807, 2.05) is 0 Å². The van der Waals surface area contributed by atoms with Gasteiger partial charge in [-0.1, -0.05) is 32.0 Å². The summed E-state index contributed by atoms with van der Waals surface area (Å²) in [5, 5.41) is -0.695. The number of sulfone groups is 1. The lowest BCUT2D eigenvalue weighted by Crippen LogP contribution is -2.14. The van der Waals surface area contributed by atoms with Crippen LogP contribution in [0.1, 0.15) is 13.8 Å². The average molecular weight is 268 g/mol. The second-order valence-corrected chi connectivity index (χ2v) is 7.17. The van der Waals surface area contributed by atoms with Crippen molar-refractivity contribution in [3.8, 4) is 0 Å². The molecule has 0 saturated heterocycles. The van der Waals surface area contributed by atoms with Gasteiger partial charge in [-0.2, -0.15) is 0 Å².